The molecule has 1 aromatic heterocycles. The molecule has 1 aliphatic heterocycles. The van der Waals surface area contributed by atoms with Crippen molar-refractivity contribution in [2.24, 2.45) is 5.92 Å². The Morgan fingerprint density at radius 1 is 1.27 bits per heavy atom. The van der Waals surface area contributed by atoms with Crippen LogP contribution in [0.5, 0.6) is 0 Å². The summed E-state index contributed by atoms with van der Waals surface area (Å²) in [5.41, 5.74) is 2.05. The zero-order chi connectivity index (χ0) is 14.7. The Hall–Kier alpha value is -1.43. The normalized spacial score (nSPS) is 18.4. The van der Waals surface area contributed by atoms with Gasteiger partial charge in [-0.05, 0) is 62.8 Å². The van der Waals surface area contributed by atoms with E-state index in [9.17, 15) is 4.39 Å². The Kier molecular flexibility index (Phi) is 5.94. The zero-order valence-corrected chi connectivity index (χ0v) is 13.5. The summed E-state index contributed by atoms with van der Waals surface area (Å²) in [4.78, 5) is 2.46. The lowest BCUT2D eigenvalue weighted by Crippen LogP contribution is -2.25. The van der Waals surface area contributed by atoms with E-state index in [4.69, 9.17) is 0 Å². The number of nitrogens with zero attached hydrogens (tertiary/aromatic N) is 3. The molecule has 4 nitrogen and oxygen atoms in total. The van der Waals surface area contributed by atoms with Crippen LogP contribution in [-0.4, -0.2) is 41.4 Å². The highest BCUT2D eigenvalue weighted by Crippen LogP contribution is 2.19. The third-order valence-corrected chi connectivity index (χ3v) is 4.04. The maximum Gasteiger partial charge on any atom is 0.123 e. The van der Waals surface area contributed by atoms with Crippen LogP contribution in [0.15, 0.2) is 36.5 Å². The minimum atomic E-state index is -0.220. The number of nitrogens with one attached hydrogen (secondary N) is 1. The molecule has 0 saturated carbocycles. The smallest absolute Gasteiger partial charge is 0.123 e. The molecule has 1 aliphatic rings. The summed E-state index contributed by atoms with van der Waals surface area (Å²) in [5, 5.41) is 7.62. The van der Waals surface area contributed by atoms with Crippen LogP contribution in [0.3, 0.4) is 0 Å². The van der Waals surface area contributed by atoms with E-state index in [1.807, 2.05) is 17.8 Å². The van der Waals surface area contributed by atoms with Crippen molar-refractivity contribution in [3.05, 3.63) is 48.0 Å². The molecule has 120 valence electrons. The molecule has 1 N–H and O–H groups in total. The lowest BCUT2D eigenvalue weighted by Gasteiger charge is -2.17. The van der Waals surface area contributed by atoms with Crippen molar-refractivity contribution in [2.45, 2.75) is 13.0 Å². The molecular weight excluding hydrogens is 303 g/mol. The van der Waals surface area contributed by atoms with Gasteiger partial charge in [0.05, 0.1) is 11.4 Å². The van der Waals surface area contributed by atoms with Crippen molar-refractivity contribution < 1.29 is 4.39 Å². The van der Waals surface area contributed by atoms with Gasteiger partial charge in [-0.25, -0.2) is 9.07 Å². The summed E-state index contributed by atoms with van der Waals surface area (Å²) in [6.07, 6.45) is 3.05. The van der Waals surface area contributed by atoms with Crippen LogP contribution in [0, 0.1) is 11.7 Å². The van der Waals surface area contributed by atoms with Crippen molar-refractivity contribution in [1.82, 2.24) is 20.0 Å². The summed E-state index contributed by atoms with van der Waals surface area (Å²) in [6.45, 7) is 4.21. The summed E-state index contributed by atoms with van der Waals surface area (Å²) >= 11 is 0. The van der Waals surface area contributed by atoms with E-state index in [2.05, 4.69) is 15.3 Å². The second kappa shape index (κ2) is 7.72. The number of rotatable bonds is 5. The highest BCUT2D eigenvalue weighted by Gasteiger charge is 2.22. The van der Waals surface area contributed by atoms with Gasteiger partial charge in [-0.1, -0.05) is 0 Å². The second-order valence-electron chi connectivity index (χ2n) is 5.66. The molecule has 0 radical (unpaired) electrons. The van der Waals surface area contributed by atoms with E-state index in [-0.39, 0.29) is 18.2 Å². The first-order valence-electron chi connectivity index (χ1n) is 7.42. The summed E-state index contributed by atoms with van der Waals surface area (Å²) < 4.78 is 14.9. The van der Waals surface area contributed by atoms with Crippen LogP contribution in [0.4, 0.5) is 4.39 Å². The topological polar surface area (TPSA) is 33.1 Å². The fourth-order valence-electron chi connectivity index (χ4n) is 3.01. The van der Waals surface area contributed by atoms with Crippen LogP contribution in [0.25, 0.3) is 5.69 Å². The predicted molar refractivity (Wildman–Crippen MR) is 88.1 cm³/mol. The van der Waals surface area contributed by atoms with Crippen molar-refractivity contribution in [3.8, 4) is 5.69 Å². The molecular formula is C16H22ClFN4. The highest BCUT2D eigenvalue weighted by atomic mass is 35.5. The number of hydrogen-bond donors (Lipinski definition) is 1. The second-order valence-corrected chi connectivity index (χ2v) is 5.66. The molecule has 2 heterocycles. The van der Waals surface area contributed by atoms with Gasteiger partial charge in [-0.2, -0.15) is 5.10 Å². The SMILES string of the molecule is CNCC1CCN(Cc2ccnn2-c2ccc(F)cc2)C1.Cl. The van der Waals surface area contributed by atoms with E-state index >= 15 is 0 Å². The van der Waals surface area contributed by atoms with Gasteiger partial charge in [-0.15, -0.1) is 12.4 Å². The minimum absolute atomic E-state index is 0. The van der Waals surface area contributed by atoms with Gasteiger partial charge in [0.15, 0.2) is 0 Å². The van der Waals surface area contributed by atoms with E-state index in [0.717, 1.165) is 43.5 Å². The first-order chi connectivity index (χ1) is 10.3. The van der Waals surface area contributed by atoms with Gasteiger partial charge >= 0.3 is 0 Å². The monoisotopic (exact) mass is 324 g/mol. The molecule has 0 bridgehead atoms. The Morgan fingerprint density at radius 2 is 2.05 bits per heavy atom. The highest BCUT2D eigenvalue weighted by molar-refractivity contribution is 5.85. The fourth-order valence-corrected chi connectivity index (χ4v) is 3.01. The first kappa shape index (κ1) is 16.9. The molecule has 0 spiro atoms. The lowest BCUT2D eigenvalue weighted by atomic mass is 10.1. The number of aromatic nitrogens is 2. The average molecular weight is 325 g/mol. The largest absolute Gasteiger partial charge is 0.319 e. The van der Waals surface area contributed by atoms with Gasteiger partial charge in [0.1, 0.15) is 5.82 Å². The molecule has 1 saturated heterocycles. The standard InChI is InChI=1S/C16H21FN4.ClH/c1-18-10-13-7-9-20(11-13)12-16-6-8-19-21(16)15-4-2-14(17)3-5-15;/h2-6,8,13,18H,7,9-12H2,1H3;1H. The van der Waals surface area contributed by atoms with Crippen molar-refractivity contribution in [3.63, 3.8) is 0 Å². The van der Waals surface area contributed by atoms with Crippen LogP contribution in [-0.2, 0) is 6.54 Å². The van der Waals surface area contributed by atoms with Crippen LogP contribution in [0.2, 0.25) is 0 Å². The van der Waals surface area contributed by atoms with Gasteiger partial charge in [0, 0.05) is 19.3 Å². The fraction of sp³-hybridized carbons (Fsp3) is 0.438. The summed E-state index contributed by atoms with van der Waals surface area (Å²) in [6, 6.07) is 8.51. The number of halogens is 2. The molecule has 0 aliphatic carbocycles. The van der Waals surface area contributed by atoms with E-state index < -0.39 is 0 Å². The third kappa shape index (κ3) is 3.85. The summed E-state index contributed by atoms with van der Waals surface area (Å²) in [7, 11) is 2.01. The van der Waals surface area contributed by atoms with Crippen molar-refractivity contribution in [2.75, 3.05) is 26.7 Å². The maximum absolute atomic E-state index is 13.0. The molecule has 2 aromatic rings. The summed E-state index contributed by atoms with van der Waals surface area (Å²) in [5.74, 6) is 0.513. The average Bonchev–Trinajstić information content (AvgIpc) is 3.11. The molecule has 3 rings (SSSR count). The van der Waals surface area contributed by atoms with Crippen LogP contribution in [0.1, 0.15) is 12.1 Å². The Labute approximate surface area is 136 Å². The van der Waals surface area contributed by atoms with Crippen LogP contribution >= 0.6 is 12.4 Å². The van der Waals surface area contributed by atoms with Crippen molar-refractivity contribution >= 4 is 12.4 Å². The Balaban J connectivity index is 0.00000176. The number of likely N-dealkylation sites (tertiary alicyclic amines) is 1. The van der Waals surface area contributed by atoms with E-state index in [1.165, 1.54) is 18.6 Å². The van der Waals surface area contributed by atoms with Gasteiger partial charge in [0.25, 0.3) is 0 Å². The Bertz CT molecular complexity index is 584. The van der Waals surface area contributed by atoms with Crippen molar-refractivity contribution in [1.29, 1.82) is 0 Å². The molecule has 1 fully saturated rings. The predicted octanol–water partition coefficient (Wildman–Crippen LogP) is 2.47. The molecule has 0 amide bonds. The molecule has 1 atom stereocenters. The van der Waals surface area contributed by atoms with E-state index in [0.29, 0.717) is 0 Å². The van der Waals surface area contributed by atoms with E-state index in [1.54, 1.807) is 18.3 Å². The zero-order valence-electron chi connectivity index (χ0n) is 12.7. The molecule has 6 heteroatoms. The number of hydrogen-bond acceptors (Lipinski definition) is 3. The number of benzene rings is 1. The quantitative estimate of drug-likeness (QED) is 0.917. The van der Waals surface area contributed by atoms with Gasteiger partial charge in [0.2, 0.25) is 0 Å². The van der Waals surface area contributed by atoms with Gasteiger partial charge < -0.3 is 5.32 Å². The third-order valence-electron chi connectivity index (χ3n) is 4.04. The van der Waals surface area contributed by atoms with Crippen LogP contribution < -0.4 is 5.32 Å². The first-order valence-corrected chi connectivity index (χ1v) is 7.42. The molecule has 1 aromatic carbocycles. The molecule has 22 heavy (non-hydrogen) atoms. The van der Waals surface area contributed by atoms with Gasteiger partial charge in [-0.3, -0.25) is 4.90 Å². The minimum Gasteiger partial charge on any atom is -0.319 e. The maximum atomic E-state index is 13.0. The lowest BCUT2D eigenvalue weighted by molar-refractivity contribution is 0.308. The Morgan fingerprint density at radius 3 is 2.77 bits per heavy atom. The molecule has 1 unspecified atom stereocenters.